The van der Waals surface area contributed by atoms with E-state index in [4.69, 9.17) is 0 Å². The molecule has 1 saturated heterocycles. The van der Waals surface area contributed by atoms with Gasteiger partial charge in [-0.15, -0.1) is 0 Å². The Labute approximate surface area is 146 Å². The van der Waals surface area contributed by atoms with E-state index in [2.05, 4.69) is 15.3 Å². The highest BCUT2D eigenvalue weighted by Crippen LogP contribution is 2.47. The second-order valence-corrected chi connectivity index (χ2v) is 7.17. The highest BCUT2D eigenvalue weighted by molar-refractivity contribution is 5.83. The third-order valence-electron chi connectivity index (χ3n) is 5.22. The van der Waals surface area contributed by atoms with E-state index in [1.165, 1.54) is 6.07 Å². The molecule has 1 amide bonds. The van der Waals surface area contributed by atoms with Crippen LogP contribution in [0.3, 0.4) is 0 Å². The molecule has 0 bridgehead atoms. The van der Waals surface area contributed by atoms with Crippen molar-refractivity contribution in [1.29, 1.82) is 0 Å². The van der Waals surface area contributed by atoms with Gasteiger partial charge in [0.05, 0.1) is 6.20 Å². The van der Waals surface area contributed by atoms with Gasteiger partial charge in [0.25, 0.3) is 0 Å². The summed E-state index contributed by atoms with van der Waals surface area (Å²) >= 11 is 0. The van der Waals surface area contributed by atoms with Crippen LogP contribution in [0.2, 0.25) is 0 Å². The number of rotatable bonds is 4. The maximum absolute atomic E-state index is 13.4. The minimum absolute atomic E-state index is 0.0637. The van der Waals surface area contributed by atoms with Crippen molar-refractivity contribution in [3.05, 3.63) is 48.0 Å². The van der Waals surface area contributed by atoms with Crippen molar-refractivity contribution in [1.82, 2.24) is 15.1 Å². The van der Waals surface area contributed by atoms with Crippen LogP contribution in [0.5, 0.6) is 0 Å². The number of hydrogen-bond donors (Lipinski definition) is 1. The van der Waals surface area contributed by atoms with Crippen molar-refractivity contribution < 1.29 is 9.18 Å². The fourth-order valence-corrected chi connectivity index (χ4v) is 3.80. The van der Waals surface area contributed by atoms with Crippen LogP contribution in [-0.4, -0.2) is 34.8 Å². The van der Waals surface area contributed by atoms with Gasteiger partial charge in [-0.1, -0.05) is 6.07 Å². The number of nitrogens with one attached hydrogen (secondary N) is 1. The largest absolute Gasteiger partial charge is 0.369 e. The quantitative estimate of drug-likeness (QED) is 0.928. The van der Waals surface area contributed by atoms with Gasteiger partial charge in [0.1, 0.15) is 5.82 Å². The average molecular weight is 342 g/mol. The molecule has 1 aromatic carbocycles. The van der Waals surface area contributed by atoms with Crippen molar-refractivity contribution in [2.75, 3.05) is 18.0 Å². The van der Waals surface area contributed by atoms with Crippen molar-refractivity contribution in [2.45, 2.75) is 31.2 Å². The molecule has 2 aromatic rings. The number of carbonyl (C=O) groups excluding carboxylic acids is 1. The van der Waals surface area contributed by atoms with Crippen molar-refractivity contribution in [3.63, 3.8) is 0 Å². The summed E-state index contributed by atoms with van der Waals surface area (Å²) in [4.78, 5) is 14.7. The zero-order valence-corrected chi connectivity index (χ0v) is 14.4. The van der Waals surface area contributed by atoms with Gasteiger partial charge in [0.2, 0.25) is 5.91 Å². The first kappa shape index (κ1) is 16.1. The number of nitrogens with zero attached hydrogens (tertiary/aromatic N) is 3. The van der Waals surface area contributed by atoms with Gasteiger partial charge in [0, 0.05) is 44.0 Å². The number of aromatic nitrogens is 2. The third-order valence-corrected chi connectivity index (χ3v) is 5.22. The molecule has 1 aliphatic heterocycles. The lowest BCUT2D eigenvalue weighted by molar-refractivity contribution is -0.123. The summed E-state index contributed by atoms with van der Waals surface area (Å²) < 4.78 is 15.2. The number of hydrogen-bond acceptors (Lipinski definition) is 3. The topological polar surface area (TPSA) is 50.2 Å². The number of halogens is 1. The van der Waals surface area contributed by atoms with Crippen LogP contribution in [0, 0.1) is 11.7 Å². The monoisotopic (exact) mass is 342 g/mol. The highest BCUT2D eigenvalue weighted by Gasteiger charge is 2.45. The van der Waals surface area contributed by atoms with Crippen LogP contribution in [0.15, 0.2) is 36.7 Å². The second kappa shape index (κ2) is 6.50. The normalized spacial score (nSPS) is 25.7. The first-order valence-electron chi connectivity index (χ1n) is 8.89. The summed E-state index contributed by atoms with van der Waals surface area (Å²) in [5.74, 6) is 0.284. The minimum Gasteiger partial charge on any atom is -0.369 e. The maximum Gasteiger partial charge on any atom is 0.224 e. The molecular formula is C19H23FN4O. The predicted molar refractivity (Wildman–Crippen MR) is 93.8 cm³/mol. The Hall–Kier alpha value is -2.37. The smallest absolute Gasteiger partial charge is 0.224 e. The van der Waals surface area contributed by atoms with Crippen LogP contribution < -0.4 is 10.2 Å². The van der Waals surface area contributed by atoms with Gasteiger partial charge < -0.3 is 10.2 Å². The molecule has 1 aromatic heterocycles. The van der Waals surface area contributed by atoms with Gasteiger partial charge >= 0.3 is 0 Å². The Morgan fingerprint density at radius 1 is 1.40 bits per heavy atom. The Kier molecular flexibility index (Phi) is 4.19. The number of benzene rings is 1. The molecule has 3 atom stereocenters. The van der Waals surface area contributed by atoms with E-state index < -0.39 is 0 Å². The Bertz CT molecular complexity index is 774. The molecule has 1 N–H and O–H groups in total. The summed E-state index contributed by atoms with van der Waals surface area (Å²) in [6.45, 7) is 1.64. The average Bonchev–Trinajstić information content (AvgIpc) is 3.30. The molecule has 1 saturated carbocycles. The molecule has 5 nitrogen and oxygen atoms in total. The molecule has 132 valence electrons. The van der Waals surface area contributed by atoms with Crippen molar-refractivity contribution >= 4 is 11.6 Å². The lowest BCUT2D eigenvalue weighted by Crippen LogP contribution is -2.48. The van der Waals surface area contributed by atoms with Crippen LogP contribution >= 0.6 is 0 Å². The lowest BCUT2D eigenvalue weighted by Gasteiger charge is -2.34. The molecule has 0 radical (unpaired) electrons. The van der Waals surface area contributed by atoms with Crippen LogP contribution in [0.25, 0.3) is 0 Å². The minimum atomic E-state index is -0.221. The molecule has 4 rings (SSSR count). The number of aryl methyl sites for hydroxylation is 1. The molecule has 0 unspecified atom stereocenters. The lowest BCUT2D eigenvalue weighted by atomic mass is 10.0. The number of carbonyl (C=O) groups is 1. The van der Waals surface area contributed by atoms with E-state index in [0.717, 1.165) is 43.6 Å². The van der Waals surface area contributed by atoms with Gasteiger partial charge in [-0.05, 0) is 48.9 Å². The molecule has 1 aliphatic carbocycles. The Morgan fingerprint density at radius 2 is 2.28 bits per heavy atom. The first-order chi connectivity index (χ1) is 12.1. The van der Waals surface area contributed by atoms with Crippen molar-refractivity contribution in [3.8, 4) is 0 Å². The van der Waals surface area contributed by atoms with Gasteiger partial charge in [-0.2, -0.15) is 5.10 Å². The van der Waals surface area contributed by atoms with E-state index >= 15 is 0 Å². The molecular weight excluding hydrogens is 319 g/mol. The zero-order valence-electron chi connectivity index (χ0n) is 14.4. The number of piperidine rings is 1. The molecule has 25 heavy (non-hydrogen) atoms. The van der Waals surface area contributed by atoms with Gasteiger partial charge in [-0.3, -0.25) is 9.48 Å². The summed E-state index contributed by atoms with van der Waals surface area (Å²) in [6, 6.07) is 6.80. The predicted octanol–water partition coefficient (Wildman–Crippen LogP) is 2.45. The molecule has 2 aliphatic rings. The first-order valence-corrected chi connectivity index (χ1v) is 8.89. The molecule has 2 heterocycles. The Morgan fingerprint density at radius 3 is 3.04 bits per heavy atom. The summed E-state index contributed by atoms with van der Waals surface area (Å²) in [7, 11) is 1.89. The van der Waals surface area contributed by atoms with Crippen LogP contribution in [-0.2, 0) is 11.8 Å². The van der Waals surface area contributed by atoms with Gasteiger partial charge in [0.15, 0.2) is 0 Å². The van der Waals surface area contributed by atoms with E-state index in [1.807, 2.05) is 25.5 Å². The number of amides is 1. The zero-order chi connectivity index (χ0) is 17.4. The maximum atomic E-state index is 13.4. The molecule has 0 spiro atoms. The summed E-state index contributed by atoms with van der Waals surface area (Å²) in [5.41, 5.74) is 2.03. The SMILES string of the molecule is Cn1cc([C@@H]2C[C@H]2C(=O)N[C@@H]2CCCN(c3cccc(F)c3)C2)cn1. The fourth-order valence-electron chi connectivity index (χ4n) is 3.80. The third kappa shape index (κ3) is 3.52. The second-order valence-electron chi connectivity index (χ2n) is 7.17. The molecule has 6 heteroatoms. The number of anilines is 1. The highest BCUT2D eigenvalue weighted by atomic mass is 19.1. The molecule has 2 fully saturated rings. The summed E-state index contributed by atoms with van der Waals surface area (Å²) in [6.07, 6.45) is 6.71. The van der Waals surface area contributed by atoms with E-state index in [-0.39, 0.29) is 23.7 Å². The van der Waals surface area contributed by atoms with Crippen LogP contribution in [0.4, 0.5) is 10.1 Å². The Balaban J connectivity index is 1.34. The van der Waals surface area contributed by atoms with Crippen LogP contribution in [0.1, 0.15) is 30.7 Å². The van der Waals surface area contributed by atoms with Crippen molar-refractivity contribution in [2.24, 2.45) is 13.0 Å². The summed E-state index contributed by atoms with van der Waals surface area (Å²) in [5, 5.41) is 7.39. The standard InChI is InChI=1S/C19H23FN4O/c1-23-11-13(10-21-23)17-9-18(17)19(25)22-15-5-3-7-24(12-15)16-6-2-4-14(20)8-16/h2,4,6,8,10-11,15,17-18H,3,5,7,9,12H2,1H3,(H,22,25)/t15-,17+,18-/m1/s1. The van der Waals surface area contributed by atoms with Gasteiger partial charge in [-0.25, -0.2) is 4.39 Å². The van der Waals surface area contributed by atoms with E-state index in [1.54, 1.807) is 16.8 Å². The van der Waals surface area contributed by atoms with E-state index in [9.17, 15) is 9.18 Å². The van der Waals surface area contributed by atoms with E-state index in [0.29, 0.717) is 5.92 Å². The fraction of sp³-hybridized carbons (Fsp3) is 0.474.